The fourth-order valence-electron chi connectivity index (χ4n) is 3.65. The minimum absolute atomic E-state index is 0.134. The highest BCUT2D eigenvalue weighted by Crippen LogP contribution is 2.28. The molecule has 1 aromatic heterocycles. The van der Waals surface area contributed by atoms with Crippen LogP contribution in [-0.4, -0.2) is 77.6 Å². The molecule has 0 bridgehead atoms. The van der Waals surface area contributed by atoms with E-state index in [2.05, 4.69) is 27.0 Å². The molecule has 0 amide bonds. The lowest BCUT2D eigenvalue weighted by molar-refractivity contribution is 0.0504. The predicted octanol–water partition coefficient (Wildman–Crippen LogP) is 2.87. The van der Waals surface area contributed by atoms with E-state index in [0.29, 0.717) is 12.3 Å². The number of rotatable bonds is 7. The summed E-state index contributed by atoms with van der Waals surface area (Å²) in [4.78, 5) is 4.50. The first-order valence-electron chi connectivity index (χ1n) is 10.2. The number of nitrogens with zero attached hydrogens (tertiary/aromatic N) is 3. The average molecular weight is 410 g/mol. The number of nitrogens with one attached hydrogen (secondary N) is 1. The van der Waals surface area contributed by atoms with E-state index >= 15 is 0 Å². The molecule has 7 heteroatoms. The van der Waals surface area contributed by atoms with Crippen LogP contribution in [0.1, 0.15) is 0 Å². The third kappa shape index (κ3) is 5.24. The summed E-state index contributed by atoms with van der Waals surface area (Å²) in [6.45, 7) is 4.57. The number of hydrogen-bond acceptors (Lipinski definition) is 5. The second kappa shape index (κ2) is 9.38. The summed E-state index contributed by atoms with van der Waals surface area (Å²) in [6.07, 6.45) is 2.97. The van der Waals surface area contributed by atoms with E-state index in [9.17, 15) is 9.50 Å². The van der Waals surface area contributed by atoms with Crippen molar-refractivity contribution in [2.75, 3.05) is 46.4 Å². The number of aromatic amines is 1. The Hall–Kier alpha value is -2.74. The Balaban J connectivity index is 1.38. The monoisotopic (exact) mass is 410 g/mol. The summed E-state index contributed by atoms with van der Waals surface area (Å²) in [7, 11) is 2.10. The smallest absolute Gasteiger partial charge is 0.127 e. The van der Waals surface area contributed by atoms with Crippen LogP contribution in [-0.2, 0) is 0 Å². The van der Waals surface area contributed by atoms with Gasteiger partial charge in [-0.05, 0) is 35.9 Å². The molecule has 6 nitrogen and oxygen atoms in total. The summed E-state index contributed by atoms with van der Waals surface area (Å²) in [5.41, 5.74) is 3.66. The van der Waals surface area contributed by atoms with E-state index < -0.39 is 6.10 Å². The van der Waals surface area contributed by atoms with Gasteiger partial charge in [0, 0.05) is 50.6 Å². The highest BCUT2D eigenvalue weighted by atomic mass is 19.1. The third-order valence-electron chi connectivity index (χ3n) is 5.43. The Labute approximate surface area is 175 Å². The highest BCUT2D eigenvalue weighted by molar-refractivity contribution is 5.70. The highest BCUT2D eigenvalue weighted by Gasteiger charge is 2.17. The molecule has 3 aromatic rings. The molecule has 2 N–H and O–H groups in total. The zero-order chi connectivity index (χ0) is 20.9. The standard InChI is InChI=1S/C23H27FN4O2/c1-27-6-8-28(9-7-27)15-22(29)16-30-23-11-19(10-21(24)12-23)17-2-4-18(5-3-17)20-13-25-26-14-20/h2-5,10-14,22,29H,6-9,15-16H2,1H3,(H,25,26). The number of halogens is 1. The van der Waals surface area contributed by atoms with E-state index in [1.54, 1.807) is 12.3 Å². The van der Waals surface area contributed by atoms with Gasteiger partial charge in [0.05, 0.1) is 6.20 Å². The van der Waals surface area contributed by atoms with Crippen molar-refractivity contribution in [1.29, 1.82) is 0 Å². The van der Waals surface area contributed by atoms with Crippen molar-refractivity contribution in [3.05, 3.63) is 60.7 Å². The van der Waals surface area contributed by atoms with Crippen molar-refractivity contribution in [2.45, 2.75) is 6.10 Å². The fraction of sp³-hybridized carbons (Fsp3) is 0.348. The Morgan fingerprint density at radius 2 is 1.73 bits per heavy atom. The molecule has 30 heavy (non-hydrogen) atoms. The molecular weight excluding hydrogens is 383 g/mol. The van der Waals surface area contributed by atoms with Gasteiger partial charge in [0.25, 0.3) is 0 Å². The third-order valence-corrected chi connectivity index (χ3v) is 5.43. The Kier molecular flexibility index (Phi) is 6.42. The predicted molar refractivity (Wildman–Crippen MR) is 115 cm³/mol. The number of piperazine rings is 1. The number of likely N-dealkylation sites (N-methyl/N-ethyl adjacent to an activating group) is 1. The summed E-state index contributed by atoms with van der Waals surface area (Å²) >= 11 is 0. The number of aromatic nitrogens is 2. The number of benzene rings is 2. The average Bonchev–Trinajstić information content (AvgIpc) is 3.29. The molecular formula is C23H27FN4O2. The number of β-amino-alcohol motifs (C(OH)–C–C–N with tert-alkyl or cyclic N) is 1. The van der Waals surface area contributed by atoms with E-state index in [4.69, 9.17) is 4.74 Å². The van der Waals surface area contributed by atoms with Gasteiger partial charge in [-0.3, -0.25) is 10.00 Å². The molecule has 2 heterocycles. The van der Waals surface area contributed by atoms with Crippen LogP contribution < -0.4 is 4.74 Å². The van der Waals surface area contributed by atoms with Crippen LogP contribution >= 0.6 is 0 Å². The van der Waals surface area contributed by atoms with Crippen molar-refractivity contribution >= 4 is 0 Å². The van der Waals surface area contributed by atoms with Gasteiger partial charge in [-0.15, -0.1) is 0 Å². The van der Waals surface area contributed by atoms with Gasteiger partial charge in [-0.1, -0.05) is 24.3 Å². The number of ether oxygens (including phenoxy) is 1. The molecule has 2 aromatic carbocycles. The Bertz CT molecular complexity index is 938. The largest absolute Gasteiger partial charge is 0.491 e. The Morgan fingerprint density at radius 3 is 2.40 bits per heavy atom. The molecule has 0 aliphatic carbocycles. The lowest BCUT2D eigenvalue weighted by Gasteiger charge is -2.33. The van der Waals surface area contributed by atoms with Crippen molar-refractivity contribution in [3.63, 3.8) is 0 Å². The van der Waals surface area contributed by atoms with Gasteiger partial charge in [0.2, 0.25) is 0 Å². The summed E-state index contributed by atoms with van der Waals surface area (Å²) in [6, 6.07) is 12.5. The zero-order valence-corrected chi connectivity index (χ0v) is 17.1. The van der Waals surface area contributed by atoms with Gasteiger partial charge < -0.3 is 14.7 Å². The van der Waals surface area contributed by atoms with Gasteiger partial charge in [-0.25, -0.2) is 4.39 Å². The van der Waals surface area contributed by atoms with Crippen LogP contribution in [0.2, 0.25) is 0 Å². The molecule has 4 rings (SSSR count). The molecule has 1 saturated heterocycles. The lowest BCUT2D eigenvalue weighted by Crippen LogP contribution is -2.47. The lowest BCUT2D eigenvalue weighted by atomic mass is 10.0. The molecule has 1 fully saturated rings. The van der Waals surface area contributed by atoms with E-state index in [-0.39, 0.29) is 12.4 Å². The number of hydrogen-bond donors (Lipinski definition) is 2. The second-order valence-corrected chi connectivity index (χ2v) is 7.81. The minimum atomic E-state index is -0.616. The molecule has 1 atom stereocenters. The van der Waals surface area contributed by atoms with Crippen molar-refractivity contribution in [1.82, 2.24) is 20.0 Å². The van der Waals surface area contributed by atoms with Gasteiger partial charge in [-0.2, -0.15) is 5.10 Å². The van der Waals surface area contributed by atoms with Crippen LogP contribution in [0.4, 0.5) is 4.39 Å². The van der Waals surface area contributed by atoms with Crippen LogP contribution in [0.25, 0.3) is 22.3 Å². The maximum Gasteiger partial charge on any atom is 0.127 e. The first-order valence-corrected chi connectivity index (χ1v) is 10.2. The van der Waals surface area contributed by atoms with Crippen LogP contribution in [0.3, 0.4) is 0 Å². The molecule has 1 aliphatic rings. The molecule has 0 spiro atoms. The van der Waals surface area contributed by atoms with Gasteiger partial charge >= 0.3 is 0 Å². The molecule has 158 valence electrons. The second-order valence-electron chi connectivity index (χ2n) is 7.81. The maximum absolute atomic E-state index is 14.2. The van der Waals surface area contributed by atoms with Crippen LogP contribution in [0, 0.1) is 5.82 Å². The van der Waals surface area contributed by atoms with Crippen LogP contribution in [0.5, 0.6) is 5.75 Å². The summed E-state index contributed by atoms with van der Waals surface area (Å²) < 4.78 is 19.9. The van der Waals surface area contributed by atoms with E-state index in [0.717, 1.165) is 48.4 Å². The van der Waals surface area contributed by atoms with Crippen molar-refractivity contribution < 1.29 is 14.2 Å². The fourth-order valence-corrected chi connectivity index (χ4v) is 3.65. The molecule has 1 unspecified atom stereocenters. The van der Waals surface area contributed by atoms with Crippen molar-refractivity contribution in [3.8, 4) is 28.0 Å². The first kappa shape index (κ1) is 20.5. The summed E-state index contributed by atoms with van der Waals surface area (Å²) in [5.74, 6) is 0.0521. The number of aliphatic hydroxyl groups is 1. The molecule has 0 saturated carbocycles. The van der Waals surface area contributed by atoms with Crippen molar-refractivity contribution in [2.24, 2.45) is 0 Å². The normalized spacial score (nSPS) is 16.5. The minimum Gasteiger partial charge on any atom is -0.491 e. The van der Waals surface area contributed by atoms with E-state index in [1.807, 2.05) is 30.5 Å². The van der Waals surface area contributed by atoms with Gasteiger partial charge in [0.15, 0.2) is 0 Å². The topological polar surface area (TPSA) is 64.6 Å². The molecule has 1 aliphatic heterocycles. The van der Waals surface area contributed by atoms with Crippen LogP contribution in [0.15, 0.2) is 54.9 Å². The first-order chi connectivity index (χ1) is 14.6. The number of aliphatic hydroxyl groups excluding tert-OH is 1. The molecule has 0 radical (unpaired) electrons. The maximum atomic E-state index is 14.2. The number of H-pyrrole nitrogens is 1. The van der Waals surface area contributed by atoms with E-state index in [1.165, 1.54) is 12.1 Å². The zero-order valence-electron chi connectivity index (χ0n) is 17.1. The summed E-state index contributed by atoms with van der Waals surface area (Å²) in [5, 5.41) is 17.1. The SMILES string of the molecule is CN1CCN(CC(O)COc2cc(F)cc(-c3ccc(-c4cn[nH]c4)cc3)c2)CC1. The van der Waals surface area contributed by atoms with Gasteiger partial charge in [0.1, 0.15) is 24.3 Å². The quantitative estimate of drug-likeness (QED) is 0.627. The Morgan fingerprint density at radius 1 is 1.03 bits per heavy atom.